The van der Waals surface area contributed by atoms with E-state index in [0.717, 1.165) is 12.0 Å². The first kappa shape index (κ1) is 14.2. The van der Waals surface area contributed by atoms with Crippen LogP contribution < -0.4 is 0 Å². The smallest absolute Gasteiger partial charge is 0.340 e. The highest BCUT2D eigenvalue weighted by Crippen LogP contribution is 2.06. The molecule has 0 spiro atoms. The van der Waals surface area contributed by atoms with Gasteiger partial charge in [-0.1, -0.05) is 32.9 Å². The molecule has 1 aromatic rings. The van der Waals surface area contributed by atoms with Crippen molar-refractivity contribution in [3.05, 3.63) is 35.4 Å². The van der Waals surface area contributed by atoms with Gasteiger partial charge in [-0.15, -0.1) is 0 Å². The van der Waals surface area contributed by atoms with Crippen molar-refractivity contribution in [2.45, 2.75) is 27.2 Å². The van der Waals surface area contributed by atoms with Crippen molar-refractivity contribution in [3.63, 3.8) is 0 Å². The molecular formula is C14H18O4. The van der Waals surface area contributed by atoms with Crippen molar-refractivity contribution in [2.75, 3.05) is 6.79 Å². The Labute approximate surface area is 107 Å². The molecule has 0 aliphatic heterocycles. The fraction of sp³-hybridized carbons (Fsp3) is 0.429. The highest BCUT2D eigenvalue weighted by atomic mass is 16.7. The van der Waals surface area contributed by atoms with Crippen molar-refractivity contribution in [1.29, 1.82) is 0 Å². The second-order valence-corrected chi connectivity index (χ2v) is 4.22. The molecule has 1 aromatic carbocycles. The van der Waals surface area contributed by atoms with E-state index in [1.807, 2.05) is 19.1 Å². The summed E-state index contributed by atoms with van der Waals surface area (Å²) in [6.07, 6.45) is 0.918. The normalized spacial score (nSPS) is 10.2. The molecule has 0 aliphatic rings. The van der Waals surface area contributed by atoms with Crippen LogP contribution in [-0.4, -0.2) is 18.7 Å². The highest BCUT2D eigenvalue weighted by Gasteiger charge is 2.11. The molecule has 0 saturated heterocycles. The molecule has 0 N–H and O–H groups in total. The number of aryl methyl sites for hydroxylation is 1. The molecule has 4 heteroatoms. The Morgan fingerprint density at radius 1 is 1.11 bits per heavy atom. The van der Waals surface area contributed by atoms with Crippen molar-refractivity contribution < 1.29 is 19.1 Å². The molecule has 0 fully saturated rings. The molecule has 0 saturated carbocycles. The third kappa shape index (κ3) is 4.20. The quantitative estimate of drug-likeness (QED) is 0.595. The monoisotopic (exact) mass is 250 g/mol. The van der Waals surface area contributed by atoms with Gasteiger partial charge in [0.25, 0.3) is 0 Å². The van der Waals surface area contributed by atoms with Gasteiger partial charge >= 0.3 is 11.9 Å². The van der Waals surface area contributed by atoms with Crippen molar-refractivity contribution in [2.24, 2.45) is 5.92 Å². The summed E-state index contributed by atoms with van der Waals surface area (Å²) in [4.78, 5) is 22.7. The Kier molecular flexibility index (Phi) is 5.36. The van der Waals surface area contributed by atoms with E-state index >= 15 is 0 Å². The summed E-state index contributed by atoms with van der Waals surface area (Å²) in [7, 11) is 0. The summed E-state index contributed by atoms with van der Waals surface area (Å²) in [5, 5.41) is 0. The summed E-state index contributed by atoms with van der Waals surface area (Å²) in [5.41, 5.74) is 1.60. The molecule has 18 heavy (non-hydrogen) atoms. The van der Waals surface area contributed by atoms with Crippen molar-refractivity contribution >= 4 is 11.9 Å². The maximum atomic E-state index is 11.6. The fourth-order valence-corrected chi connectivity index (χ4v) is 1.27. The number of carbonyl (C=O) groups is 2. The number of ether oxygens (including phenoxy) is 2. The third-order valence-corrected chi connectivity index (χ3v) is 2.46. The number of esters is 2. The Bertz CT molecular complexity index is 406. The van der Waals surface area contributed by atoms with Crippen LogP contribution in [0.3, 0.4) is 0 Å². The van der Waals surface area contributed by atoms with E-state index in [-0.39, 0.29) is 18.7 Å². The van der Waals surface area contributed by atoms with E-state index in [1.165, 1.54) is 0 Å². The van der Waals surface area contributed by atoms with Gasteiger partial charge in [-0.25, -0.2) is 4.79 Å². The van der Waals surface area contributed by atoms with E-state index in [4.69, 9.17) is 9.47 Å². The second-order valence-electron chi connectivity index (χ2n) is 4.22. The number of hydrogen-bond donors (Lipinski definition) is 0. The van der Waals surface area contributed by atoms with Gasteiger partial charge in [-0.2, -0.15) is 0 Å². The van der Waals surface area contributed by atoms with Crippen molar-refractivity contribution in [1.82, 2.24) is 0 Å². The Morgan fingerprint density at radius 3 is 2.22 bits per heavy atom. The molecule has 0 aromatic heterocycles. The van der Waals surface area contributed by atoms with Gasteiger partial charge in [0.1, 0.15) is 0 Å². The van der Waals surface area contributed by atoms with Gasteiger partial charge in [0, 0.05) is 0 Å². The molecule has 0 heterocycles. The zero-order chi connectivity index (χ0) is 13.5. The first-order valence-corrected chi connectivity index (χ1v) is 5.97. The van der Waals surface area contributed by atoms with E-state index in [1.54, 1.807) is 26.0 Å². The summed E-state index contributed by atoms with van der Waals surface area (Å²) < 4.78 is 9.60. The average Bonchev–Trinajstić information content (AvgIpc) is 2.38. The molecule has 0 radical (unpaired) electrons. The summed E-state index contributed by atoms with van der Waals surface area (Å²) in [6.45, 7) is 5.13. The molecule has 0 atom stereocenters. The van der Waals surface area contributed by atoms with Crippen LogP contribution in [0, 0.1) is 5.92 Å². The van der Waals surface area contributed by atoms with Crippen molar-refractivity contribution in [3.8, 4) is 0 Å². The lowest BCUT2D eigenvalue weighted by Crippen LogP contribution is -2.16. The number of benzene rings is 1. The van der Waals surface area contributed by atoms with Crippen LogP contribution in [0.5, 0.6) is 0 Å². The second kappa shape index (κ2) is 6.79. The maximum Gasteiger partial charge on any atom is 0.340 e. The molecule has 1 rings (SSSR count). The molecule has 0 bridgehead atoms. The summed E-state index contributed by atoms with van der Waals surface area (Å²) in [5.74, 6) is -1.11. The minimum absolute atomic E-state index is 0.229. The zero-order valence-electron chi connectivity index (χ0n) is 10.9. The highest BCUT2D eigenvalue weighted by molar-refractivity contribution is 5.89. The van der Waals surface area contributed by atoms with Crippen LogP contribution in [0.2, 0.25) is 0 Å². The average molecular weight is 250 g/mol. The topological polar surface area (TPSA) is 52.6 Å². The van der Waals surface area contributed by atoms with Gasteiger partial charge in [0.15, 0.2) is 0 Å². The zero-order valence-corrected chi connectivity index (χ0v) is 10.9. The molecule has 0 amide bonds. The van der Waals surface area contributed by atoms with Crippen LogP contribution in [0.4, 0.5) is 0 Å². The van der Waals surface area contributed by atoms with E-state index in [9.17, 15) is 9.59 Å². The van der Waals surface area contributed by atoms with E-state index < -0.39 is 5.97 Å². The minimum atomic E-state index is -0.491. The van der Waals surface area contributed by atoms with Crippen LogP contribution >= 0.6 is 0 Å². The lowest BCUT2D eigenvalue weighted by Gasteiger charge is -2.08. The molecule has 0 aliphatic carbocycles. The largest absolute Gasteiger partial charge is 0.428 e. The van der Waals surface area contributed by atoms with Crippen LogP contribution in [0.1, 0.15) is 36.7 Å². The fourth-order valence-electron chi connectivity index (χ4n) is 1.27. The molecular weight excluding hydrogens is 232 g/mol. The summed E-state index contributed by atoms with van der Waals surface area (Å²) in [6, 6.07) is 7.14. The van der Waals surface area contributed by atoms with Crippen LogP contribution in [0.25, 0.3) is 0 Å². The van der Waals surface area contributed by atoms with Gasteiger partial charge in [0.05, 0.1) is 11.5 Å². The van der Waals surface area contributed by atoms with E-state index in [2.05, 4.69) is 0 Å². The predicted octanol–water partition coefficient (Wildman–Crippen LogP) is 2.56. The Balaban J connectivity index is 2.43. The van der Waals surface area contributed by atoms with Crippen LogP contribution in [0.15, 0.2) is 24.3 Å². The first-order valence-electron chi connectivity index (χ1n) is 5.97. The third-order valence-electron chi connectivity index (χ3n) is 2.46. The lowest BCUT2D eigenvalue weighted by molar-refractivity contribution is -0.155. The van der Waals surface area contributed by atoms with Crippen LogP contribution in [-0.2, 0) is 20.7 Å². The van der Waals surface area contributed by atoms with Gasteiger partial charge in [-0.3, -0.25) is 4.79 Å². The summed E-state index contributed by atoms with van der Waals surface area (Å²) >= 11 is 0. The Hall–Kier alpha value is -1.84. The standard InChI is InChI=1S/C14H18O4/c1-4-11-5-7-12(8-6-11)14(16)18-9-17-13(15)10(2)3/h5-8,10H,4,9H2,1-3H3. The minimum Gasteiger partial charge on any atom is -0.428 e. The Morgan fingerprint density at radius 2 is 1.72 bits per heavy atom. The van der Waals surface area contributed by atoms with Gasteiger partial charge in [0.2, 0.25) is 6.79 Å². The maximum absolute atomic E-state index is 11.6. The van der Waals surface area contributed by atoms with Gasteiger partial charge < -0.3 is 9.47 Å². The molecule has 0 unspecified atom stereocenters. The first-order chi connectivity index (χ1) is 8.54. The SMILES string of the molecule is CCc1ccc(C(=O)OCOC(=O)C(C)C)cc1. The number of rotatable bonds is 5. The van der Waals surface area contributed by atoms with E-state index in [0.29, 0.717) is 5.56 Å². The number of carbonyl (C=O) groups excluding carboxylic acids is 2. The van der Waals surface area contributed by atoms with Gasteiger partial charge in [-0.05, 0) is 24.1 Å². The molecule has 98 valence electrons. The predicted molar refractivity (Wildman–Crippen MR) is 67.0 cm³/mol. The molecule has 4 nitrogen and oxygen atoms in total. The lowest BCUT2D eigenvalue weighted by atomic mass is 10.1. The number of hydrogen-bond acceptors (Lipinski definition) is 4.